The Balaban J connectivity index is 1.73. The number of halogens is 1. The van der Waals surface area contributed by atoms with E-state index in [1.165, 1.54) is 12.1 Å². The number of carbonyl (C=O) groups is 1. The highest BCUT2D eigenvalue weighted by Gasteiger charge is 2.11. The van der Waals surface area contributed by atoms with Crippen LogP contribution in [-0.4, -0.2) is 15.9 Å². The summed E-state index contributed by atoms with van der Waals surface area (Å²) in [5, 5.41) is 5.77. The lowest BCUT2D eigenvalue weighted by Crippen LogP contribution is -2.24. The second-order valence-electron chi connectivity index (χ2n) is 6.03. The summed E-state index contributed by atoms with van der Waals surface area (Å²) >= 11 is 0. The van der Waals surface area contributed by atoms with Crippen molar-refractivity contribution in [3.05, 3.63) is 82.9 Å². The molecule has 1 amide bonds. The van der Waals surface area contributed by atoms with E-state index in [4.69, 9.17) is 0 Å². The van der Waals surface area contributed by atoms with Crippen LogP contribution < -0.4 is 10.6 Å². The molecule has 1 heterocycles. The van der Waals surface area contributed by atoms with E-state index in [0.29, 0.717) is 17.9 Å². The third-order valence-electron chi connectivity index (χ3n) is 3.70. The Morgan fingerprint density at radius 3 is 2.62 bits per heavy atom. The molecule has 3 rings (SSSR count). The van der Waals surface area contributed by atoms with Crippen LogP contribution in [0.25, 0.3) is 0 Å². The fourth-order valence-corrected chi connectivity index (χ4v) is 2.53. The van der Waals surface area contributed by atoms with Crippen molar-refractivity contribution >= 4 is 17.5 Å². The molecule has 6 heteroatoms. The maximum Gasteiger partial charge on any atom is 0.270 e. The predicted molar refractivity (Wildman–Crippen MR) is 98.8 cm³/mol. The number of hydrogen-bond acceptors (Lipinski definition) is 4. The van der Waals surface area contributed by atoms with Gasteiger partial charge in [0.05, 0.1) is 0 Å². The molecule has 1 aromatic heterocycles. The van der Waals surface area contributed by atoms with Gasteiger partial charge in [0.25, 0.3) is 5.91 Å². The predicted octanol–water partition coefficient (Wildman–Crippen LogP) is 3.91. The first-order valence-corrected chi connectivity index (χ1v) is 8.21. The number of carbonyl (C=O) groups excluding carboxylic acids is 1. The second-order valence-corrected chi connectivity index (χ2v) is 6.03. The van der Waals surface area contributed by atoms with Crippen LogP contribution in [0, 0.1) is 19.7 Å². The van der Waals surface area contributed by atoms with Gasteiger partial charge in [-0.2, -0.15) is 0 Å². The van der Waals surface area contributed by atoms with Gasteiger partial charge in [0.1, 0.15) is 11.5 Å². The lowest BCUT2D eigenvalue weighted by molar-refractivity contribution is 0.0945. The zero-order chi connectivity index (χ0) is 18.5. The summed E-state index contributed by atoms with van der Waals surface area (Å²) < 4.78 is 13.3. The van der Waals surface area contributed by atoms with Crippen molar-refractivity contribution in [3.8, 4) is 0 Å². The van der Waals surface area contributed by atoms with Crippen LogP contribution in [0.3, 0.4) is 0 Å². The van der Waals surface area contributed by atoms with Gasteiger partial charge >= 0.3 is 0 Å². The zero-order valence-corrected chi connectivity index (χ0v) is 14.6. The van der Waals surface area contributed by atoms with Crippen LogP contribution in [0.1, 0.15) is 27.3 Å². The lowest BCUT2D eigenvalue weighted by Gasteiger charge is -2.09. The summed E-state index contributed by atoms with van der Waals surface area (Å²) in [7, 11) is 0. The summed E-state index contributed by atoms with van der Waals surface area (Å²) in [4.78, 5) is 20.9. The van der Waals surface area contributed by atoms with Crippen molar-refractivity contribution < 1.29 is 9.18 Å². The molecule has 5 nitrogen and oxygen atoms in total. The van der Waals surface area contributed by atoms with Gasteiger partial charge in [-0.3, -0.25) is 4.79 Å². The molecule has 0 bridgehead atoms. The van der Waals surface area contributed by atoms with Crippen LogP contribution in [-0.2, 0) is 6.54 Å². The van der Waals surface area contributed by atoms with E-state index in [0.717, 1.165) is 11.1 Å². The minimum absolute atomic E-state index is 0.247. The first-order chi connectivity index (χ1) is 12.5. The molecule has 0 aliphatic heterocycles. The van der Waals surface area contributed by atoms with Crippen LogP contribution in [0.15, 0.2) is 54.6 Å². The monoisotopic (exact) mass is 350 g/mol. The van der Waals surface area contributed by atoms with Crippen LogP contribution in [0.5, 0.6) is 0 Å². The minimum atomic E-state index is -0.362. The number of nitrogens with zero attached hydrogens (tertiary/aromatic N) is 2. The second kappa shape index (κ2) is 7.74. The van der Waals surface area contributed by atoms with E-state index >= 15 is 0 Å². The first kappa shape index (κ1) is 17.5. The van der Waals surface area contributed by atoms with Gasteiger partial charge < -0.3 is 10.6 Å². The Labute approximate surface area is 151 Å². The molecule has 0 unspecified atom stereocenters. The van der Waals surface area contributed by atoms with Gasteiger partial charge in [-0.25, -0.2) is 14.4 Å². The topological polar surface area (TPSA) is 66.9 Å². The SMILES string of the molecule is Cc1cccc(CNC(=O)c2cc(C)nc(Nc3cccc(F)c3)n2)c1. The molecule has 2 N–H and O–H groups in total. The number of aromatic nitrogens is 2. The third kappa shape index (κ3) is 4.63. The number of nitrogens with one attached hydrogen (secondary N) is 2. The standard InChI is InChI=1S/C20H19FN4O/c1-13-5-3-6-15(9-13)12-22-19(26)18-10-14(2)23-20(25-18)24-17-8-4-7-16(21)11-17/h3-11H,12H2,1-2H3,(H,22,26)(H,23,24,25). The van der Waals surface area contributed by atoms with Crippen molar-refractivity contribution in [3.63, 3.8) is 0 Å². The summed E-state index contributed by atoms with van der Waals surface area (Å²) in [6.45, 7) is 4.19. The minimum Gasteiger partial charge on any atom is -0.347 e. The van der Waals surface area contributed by atoms with Crippen LogP contribution in [0.2, 0.25) is 0 Å². The van der Waals surface area contributed by atoms with Gasteiger partial charge in [0.2, 0.25) is 5.95 Å². The Morgan fingerprint density at radius 2 is 1.85 bits per heavy atom. The molecule has 0 spiro atoms. The van der Waals surface area contributed by atoms with E-state index in [2.05, 4.69) is 20.6 Å². The molecule has 132 valence electrons. The van der Waals surface area contributed by atoms with Crippen LogP contribution >= 0.6 is 0 Å². The number of hydrogen-bond donors (Lipinski definition) is 2. The molecule has 0 saturated carbocycles. The number of amides is 1. The number of anilines is 2. The van der Waals surface area contributed by atoms with Crippen molar-refractivity contribution in [2.75, 3.05) is 5.32 Å². The summed E-state index contributed by atoms with van der Waals surface area (Å²) in [5.74, 6) is -0.408. The molecular weight excluding hydrogens is 331 g/mol. The van der Waals surface area contributed by atoms with Gasteiger partial charge in [-0.1, -0.05) is 35.9 Å². The maximum atomic E-state index is 13.3. The largest absolute Gasteiger partial charge is 0.347 e. The molecule has 0 saturated heterocycles. The van der Waals surface area contributed by atoms with E-state index in [-0.39, 0.29) is 23.4 Å². The molecule has 0 aliphatic carbocycles. The van der Waals surface area contributed by atoms with Crippen LogP contribution in [0.4, 0.5) is 16.0 Å². The average molecular weight is 350 g/mol. The maximum absolute atomic E-state index is 13.3. The van der Waals surface area contributed by atoms with Gasteiger partial charge in [-0.05, 0) is 43.7 Å². The first-order valence-electron chi connectivity index (χ1n) is 8.21. The Hall–Kier alpha value is -3.28. The van der Waals surface area contributed by atoms with Crippen molar-refractivity contribution in [1.82, 2.24) is 15.3 Å². The summed E-state index contributed by atoms with van der Waals surface area (Å²) in [5.41, 5.74) is 3.56. The fraction of sp³-hybridized carbons (Fsp3) is 0.150. The normalized spacial score (nSPS) is 10.4. The smallest absolute Gasteiger partial charge is 0.270 e. The molecule has 2 aromatic carbocycles. The van der Waals surface area contributed by atoms with Crippen molar-refractivity contribution in [1.29, 1.82) is 0 Å². The quantitative estimate of drug-likeness (QED) is 0.732. The molecule has 0 atom stereocenters. The Bertz CT molecular complexity index is 943. The molecule has 3 aromatic rings. The highest BCUT2D eigenvalue weighted by atomic mass is 19.1. The van der Waals surface area contributed by atoms with Crippen molar-refractivity contribution in [2.24, 2.45) is 0 Å². The molecular formula is C20H19FN4O. The molecule has 0 fully saturated rings. The number of benzene rings is 2. The van der Waals surface area contributed by atoms with E-state index in [1.807, 2.05) is 31.2 Å². The van der Waals surface area contributed by atoms with E-state index in [1.54, 1.807) is 25.1 Å². The Morgan fingerprint density at radius 1 is 1.04 bits per heavy atom. The van der Waals surface area contributed by atoms with E-state index in [9.17, 15) is 9.18 Å². The highest BCUT2D eigenvalue weighted by Crippen LogP contribution is 2.15. The average Bonchev–Trinajstić information content (AvgIpc) is 2.59. The van der Waals surface area contributed by atoms with Gasteiger partial charge in [-0.15, -0.1) is 0 Å². The number of aryl methyl sites for hydroxylation is 2. The summed E-state index contributed by atoms with van der Waals surface area (Å²) in [6, 6.07) is 15.5. The van der Waals surface area contributed by atoms with Gasteiger partial charge in [0.15, 0.2) is 0 Å². The fourth-order valence-electron chi connectivity index (χ4n) is 2.53. The lowest BCUT2D eigenvalue weighted by atomic mass is 10.1. The molecule has 0 radical (unpaired) electrons. The van der Waals surface area contributed by atoms with Crippen molar-refractivity contribution in [2.45, 2.75) is 20.4 Å². The highest BCUT2D eigenvalue weighted by molar-refractivity contribution is 5.92. The Kier molecular flexibility index (Phi) is 5.22. The summed E-state index contributed by atoms with van der Waals surface area (Å²) in [6.07, 6.45) is 0. The molecule has 26 heavy (non-hydrogen) atoms. The molecule has 0 aliphatic rings. The van der Waals surface area contributed by atoms with Gasteiger partial charge in [0, 0.05) is 17.9 Å². The zero-order valence-electron chi connectivity index (χ0n) is 14.6. The third-order valence-corrected chi connectivity index (χ3v) is 3.70. The van der Waals surface area contributed by atoms with E-state index < -0.39 is 0 Å². The number of rotatable bonds is 5.